The summed E-state index contributed by atoms with van der Waals surface area (Å²) in [5.74, 6) is -0.155. The summed E-state index contributed by atoms with van der Waals surface area (Å²) >= 11 is 2.87. The summed E-state index contributed by atoms with van der Waals surface area (Å²) in [5, 5.41) is 5.33. The summed E-state index contributed by atoms with van der Waals surface area (Å²) in [4.78, 5) is 33.1. The first-order chi connectivity index (χ1) is 17.1. The number of fused-ring (bicyclic) bond motifs is 3. The summed E-state index contributed by atoms with van der Waals surface area (Å²) in [7, 11) is 0. The molecule has 5 rings (SSSR count). The van der Waals surface area contributed by atoms with Crippen molar-refractivity contribution in [1.29, 1.82) is 0 Å². The molecule has 4 aromatic rings. The molecule has 1 N–H and O–H groups in total. The van der Waals surface area contributed by atoms with Gasteiger partial charge in [0.05, 0.1) is 23.0 Å². The molecule has 6 nitrogen and oxygen atoms in total. The van der Waals surface area contributed by atoms with Crippen LogP contribution in [-0.2, 0) is 24.1 Å². The van der Waals surface area contributed by atoms with Gasteiger partial charge in [-0.2, -0.15) is 5.10 Å². The van der Waals surface area contributed by atoms with Crippen molar-refractivity contribution >= 4 is 45.4 Å². The Balaban J connectivity index is 1.38. The van der Waals surface area contributed by atoms with E-state index in [1.807, 2.05) is 54.6 Å². The van der Waals surface area contributed by atoms with Crippen molar-refractivity contribution in [2.24, 2.45) is 5.10 Å². The highest BCUT2D eigenvalue weighted by Gasteiger charge is 2.23. The van der Waals surface area contributed by atoms with Crippen LogP contribution in [0.1, 0.15) is 41.3 Å². The molecule has 2 aromatic carbocycles. The van der Waals surface area contributed by atoms with Gasteiger partial charge in [-0.1, -0.05) is 61.2 Å². The zero-order valence-corrected chi connectivity index (χ0v) is 21.1. The summed E-state index contributed by atoms with van der Waals surface area (Å²) in [5.41, 5.74) is 6.60. The summed E-state index contributed by atoms with van der Waals surface area (Å²) < 4.78 is 1.64. The van der Waals surface area contributed by atoms with Crippen LogP contribution in [0.3, 0.4) is 0 Å². The Labute approximate surface area is 212 Å². The van der Waals surface area contributed by atoms with Crippen LogP contribution in [0.4, 0.5) is 0 Å². The lowest BCUT2D eigenvalue weighted by molar-refractivity contribution is -0.118. The third kappa shape index (κ3) is 5.09. The van der Waals surface area contributed by atoms with Crippen molar-refractivity contribution in [3.05, 3.63) is 86.5 Å². The molecule has 0 fully saturated rings. The SMILES string of the molecule is CCc1ccc(/C=N\NC(=O)CSc2nc3sc4c(c3c(=O)n2-c2ccccc2)CCCC4)cc1. The van der Waals surface area contributed by atoms with Gasteiger partial charge >= 0.3 is 0 Å². The Morgan fingerprint density at radius 2 is 1.91 bits per heavy atom. The number of hydrazone groups is 1. The van der Waals surface area contributed by atoms with Gasteiger partial charge in [0.25, 0.3) is 11.5 Å². The molecule has 0 saturated heterocycles. The van der Waals surface area contributed by atoms with E-state index in [9.17, 15) is 9.59 Å². The molecule has 2 heterocycles. The van der Waals surface area contributed by atoms with Crippen LogP contribution >= 0.6 is 23.1 Å². The number of amides is 1. The van der Waals surface area contributed by atoms with Crippen LogP contribution in [0.5, 0.6) is 0 Å². The molecule has 1 aliphatic rings. The first-order valence-electron chi connectivity index (χ1n) is 11.8. The molecule has 8 heteroatoms. The van der Waals surface area contributed by atoms with Gasteiger partial charge in [-0.15, -0.1) is 11.3 Å². The molecule has 0 radical (unpaired) electrons. The van der Waals surface area contributed by atoms with Gasteiger partial charge in [0.1, 0.15) is 4.83 Å². The van der Waals surface area contributed by atoms with Crippen LogP contribution in [-0.4, -0.2) is 27.4 Å². The van der Waals surface area contributed by atoms with Crippen molar-refractivity contribution in [2.75, 3.05) is 5.75 Å². The minimum atomic E-state index is -0.254. The third-order valence-electron chi connectivity index (χ3n) is 6.10. The van der Waals surface area contributed by atoms with Gasteiger partial charge in [0.2, 0.25) is 0 Å². The topological polar surface area (TPSA) is 76.3 Å². The smallest absolute Gasteiger partial charge is 0.267 e. The highest BCUT2D eigenvalue weighted by Crippen LogP contribution is 2.35. The average Bonchev–Trinajstić information content (AvgIpc) is 3.27. The number of carbonyl (C=O) groups is 1. The molecule has 0 unspecified atom stereocenters. The maximum atomic E-state index is 13.7. The Bertz CT molecular complexity index is 1440. The number of aryl methyl sites for hydroxylation is 3. The van der Waals surface area contributed by atoms with Crippen LogP contribution < -0.4 is 11.0 Å². The van der Waals surface area contributed by atoms with Crippen molar-refractivity contribution in [3.8, 4) is 5.69 Å². The number of nitrogens with zero attached hydrogens (tertiary/aromatic N) is 3. The number of thioether (sulfide) groups is 1. The Morgan fingerprint density at radius 3 is 2.69 bits per heavy atom. The summed E-state index contributed by atoms with van der Waals surface area (Å²) in [6.45, 7) is 2.11. The molecule has 35 heavy (non-hydrogen) atoms. The van der Waals surface area contributed by atoms with E-state index in [4.69, 9.17) is 4.98 Å². The number of benzene rings is 2. The minimum Gasteiger partial charge on any atom is -0.272 e. The lowest BCUT2D eigenvalue weighted by atomic mass is 9.97. The first kappa shape index (κ1) is 23.5. The fourth-order valence-electron chi connectivity index (χ4n) is 4.27. The highest BCUT2D eigenvalue weighted by atomic mass is 32.2. The molecule has 0 aliphatic heterocycles. The third-order valence-corrected chi connectivity index (χ3v) is 8.22. The van der Waals surface area contributed by atoms with Gasteiger partial charge in [-0.25, -0.2) is 10.4 Å². The number of thiophene rings is 1. The van der Waals surface area contributed by atoms with Gasteiger partial charge in [-0.05, 0) is 60.9 Å². The zero-order valence-electron chi connectivity index (χ0n) is 19.5. The van der Waals surface area contributed by atoms with E-state index >= 15 is 0 Å². The molecule has 0 bridgehead atoms. The largest absolute Gasteiger partial charge is 0.272 e. The molecular formula is C27H26N4O2S2. The molecular weight excluding hydrogens is 476 g/mol. The molecule has 2 aromatic heterocycles. The van der Waals surface area contributed by atoms with Crippen LogP contribution in [0.25, 0.3) is 15.9 Å². The van der Waals surface area contributed by atoms with Gasteiger partial charge in [0.15, 0.2) is 5.16 Å². The molecule has 0 atom stereocenters. The van der Waals surface area contributed by atoms with Gasteiger partial charge in [-0.3, -0.25) is 14.2 Å². The van der Waals surface area contributed by atoms with E-state index in [0.717, 1.165) is 59.1 Å². The van der Waals surface area contributed by atoms with E-state index in [1.165, 1.54) is 22.2 Å². The number of hydrogen-bond acceptors (Lipinski definition) is 6. The van der Waals surface area contributed by atoms with E-state index in [0.29, 0.717) is 5.16 Å². The van der Waals surface area contributed by atoms with Crippen LogP contribution in [0.15, 0.2) is 69.6 Å². The fraction of sp³-hybridized carbons (Fsp3) is 0.259. The number of para-hydroxylation sites is 1. The predicted octanol–water partition coefficient (Wildman–Crippen LogP) is 5.13. The van der Waals surface area contributed by atoms with Crippen molar-refractivity contribution in [3.63, 3.8) is 0 Å². The average molecular weight is 503 g/mol. The number of rotatable bonds is 7. The Kier molecular flexibility index (Phi) is 7.11. The van der Waals surface area contributed by atoms with Crippen molar-refractivity contribution in [1.82, 2.24) is 15.0 Å². The monoisotopic (exact) mass is 502 g/mol. The highest BCUT2D eigenvalue weighted by molar-refractivity contribution is 7.99. The summed E-state index contributed by atoms with van der Waals surface area (Å²) in [6, 6.07) is 17.6. The number of aromatic nitrogens is 2. The summed E-state index contributed by atoms with van der Waals surface area (Å²) in [6.07, 6.45) is 6.79. The van der Waals surface area contributed by atoms with E-state index in [2.05, 4.69) is 17.5 Å². The molecule has 178 valence electrons. The molecule has 1 amide bonds. The Morgan fingerprint density at radius 1 is 1.14 bits per heavy atom. The maximum absolute atomic E-state index is 13.7. The van der Waals surface area contributed by atoms with Crippen LogP contribution in [0.2, 0.25) is 0 Å². The number of carbonyl (C=O) groups excluding carboxylic acids is 1. The van der Waals surface area contributed by atoms with Gasteiger partial charge < -0.3 is 0 Å². The normalized spacial score (nSPS) is 13.3. The van der Waals surface area contributed by atoms with Crippen molar-refractivity contribution in [2.45, 2.75) is 44.2 Å². The lowest BCUT2D eigenvalue weighted by Crippen LogP contribution is -2.24. The second-order valence-electron chi connectivity index (χ2n) is 8.44. The zero-order chi connectivity index (χ0) is 24.2. The number of nitrogens with one attached hydrogen (secondary N) is 1. The quantitative estimate of drug-likeness (QED) is 0.165. The van der Waals surface area contributed by atoms with Crippen LogP contribution in [0, 0.1) is 0 Å². The lowest BCUT2D eigenvalue weighted by Gasteiger charge is -2.13. The van der Waals surface area contributed by atoms with E-state index in [-0.39, 0.29) is 17.2 Å². The molecule has 0 spiro atoms. The standard InChI is InChI=1S/C27H26N4O2S2/c1-2-18-12-14-19(15-13-18)16-28-30-23(32)17-34-27-29-25-24(21-10-6-7-11-22(21)35-25)26(33)31(27)20-8-4-3-5-9-20/h3-5,8-9,12-16H,2,6-7,10-11,17H2,1H3,(H,30,32)/b28-16-. The van der Waals surface area contributed by atoms with Crippen molar-refractivity contribution < 1.29 is 4.79 Å². The fourth-order valence-corrected chi connectivity index (χ4v) is 6.38. The van der Waals surface area contributed by atoms with E-state index < -0.39 is 0 Å². The minimum absolute atomic E-state index is 0.0583. The predicted molar refractivity (Wildman–Crippen MR) is 144 cm³/mol. The second-order valence-corrected chi connectivity index (χ2v) is 10.5. The van der Waals surface area contributed by atoms with Gasteiger partial charge in [0, 0.05) is 4.88 Å². The Hall–Kier alpha value is -3.23. The maximum Gasteiger partial charge on any atom is 0.267 e. The number of hydrogen-bond donors (Lipinski definition) is 1. The second kappa shape index (κ2) is 10.6. The molecule has 1 aliphatic carbocycles. The first-order valence-corrected chi connectivity index (χ1v) is 13.6. The molecule has 0 saturated carbocycles. The van der Waals surface area contributed by atoms with E-state index in [1.54, 1.807) is 22.1 Å².